The average Bonchev–Trinajstić information content (AvgIpc) is 2.23. The smallest absolute Gasteiger partial charge is 0.308 e. The quantitative estimate of drug-likeness (QED) is 0.454. The number of esters is 1. The largest absolute Gasteiger partial charge is 0.460 e. The molecule has 0 amide bonds. The van der Waals surface area contributed by atoms with Gasteiger partial charge in [-0.25, -0.2) is 0 Å². The van der Waals surface area contributed by atoms with Crippen molar-refractivity contribution in [2.75, 3.05) is 0 Å². The van der Waals surface area contributed by atoms with Crippen LogP contribution in [-0.2, 0) is 14.3 Å². The lowest BCUT2D eigenvalue weighted by Gasteiger charge is -2.22. The highest BCUT2D eigenvalue weighted by atomic mass is 16.6. The van der Waals surface area contributed by atoms with Gasteiger partial charge in [-0.1, -0.05) is 0 Å². The highest BCUT2D eigenvalue weighted by molar-refractivity contribution is 5.86. The van der Waals surface area contributed by atoms with Crippen molar-refractivity contribution >= 4 is 11.8 Å². The van der Waals surface area contributed by atoms with Gasteiger partial charge in [0.25, 0.3) is 5.70 Å². The Bertz CT molecular complexity index is 435. The lowest BCUT2D eigenvalue weighted by atomic mass is 10.1. The molecule has 7 nitrogen and oxygen atoms in total. The number of allylic oxidation sites excluding steroid dienone is 2. The maximum atomic E-state index is 11.7. The van der Waals surface area contributed by atoms with Crippen LogP contribution in [0.5, 0.6) is 0 Å². The number of nitro groups is 1. The van der Waals surface area contributed by atoms with Gasteiger partial charge in [0, 0.05) is 6.92 Å². The van der Waals surface area contributed by atoms with Crippen molar-refractivity contribution in [1.82, 2.24) is 5.32 Å². The van der Waals surface area contributed by atoms with Crippen LogP contribution in [0.1, 0.15) is 48.0 Å². The van der Waals surface area contributed by atoms with Gasteiger partial charge in [0.1, 0.15) is 5.60 Å². The molecule has 0 saturated heterocycles. The van der Waals surface area contributed by atoms with E-state index in [1.807, 2.05) is 0 Å². The first-order valence-electron chi connectivity index (χ1n) is 6.24. The van der Waals surface area contributed by atoms with E-state index in [-0.39, 0.29) is 23.6 Å². The third-order valence-electron chi connectivity index (χ3n) is 2.49. The van der Waals surface area contributed by atoms with Crippen LogP contribution >= 0.6 is 0 Å². The summed E-state index contributed by atoms with van der Waals surface area (Å²) in [7, 11) is 0. The summed E-state index contributed by atoms with van der Waals surface area (Å²) in [5.41, 5.74) is -0.487. The van der Waals surface area contributed by atoms with Gasteiger partial charge in [-0.05, 0) is 34.6 Å². The van der Waals surface area contributed by atoms with Gasteiger partial charge in [0.05, 0.1) is 23.1 Å². The molecule has 0 saturated carbocycles. The van der Waals surface area contributed by atoms with E-state index >= 15 is 0 Å². The highest BCUT2D eigenvalue weighted by Gasteiger charge is 2.24. The number of Topliss-reactive ketones (excluding diaryl/α,β-unsaturated/α-hetero) is 1. The number of rotatable bonds is 6. The normalized spacial score (nSPS) is 14.1. The summed E-state index contributed by atoms with van der Waals surface area (Å²) in [5, 5.41) is 13.3. The number of hydrogen-bond acceptors (Lipinski definition) is 6. The van der Waals surface area contributed by atoms with Crippen LogP contribution in [0.4, 0.5) is 0 Å². The van der Waals surface area contributed by atoms with E-state index < -0.39 is 22.5 Å². The van der Waals surface area contributed by atoms with Crippen molar-refractivity contribution in [2.24, 2.45) is 0 Å². The van der Waals surface area contributed by atoms with E-state index in [0.29, 0.717) is 0 Å². The summed E-state index contributed by atoms with van der Waals surface area (Å²) >= 11 is 0. The van der Waals surface area contributed by atoms with Crippen LogP contribution in [0.2, 0.25) is 0 Å². The molecule has 1 N–H and O–H groups in total. The van der Waals surface area contributed by atoms with E-state index in [1.54, 1.807) is 20.8 Å². The lowest BCUT2D eigenvalue weighted by Crippen LogP contribution is -2.38. The van der Waals surface area contributed by atoms with Gasteiger partial charge in [0.15, 0.2) is 5.78 Å². The Hall–Kier alpha value is -1.92. The van der Waals surface area contributed by atoms with Crippen molar-refractivity contribution in [3.05, 3.63) is 21.5 Å². The fraction of sp³-hybridized carbons (Fsp3) is 0.692. The van der Waals surface area contributed by atoms with Crippen molar-refractivity contribution in [3.63, 3.8) is 0 Å². The molecule has 0 aromatic heterocycles. The summed E-state index contributed by atoms with van der Waals surface area (Å²) in [6, 6.07) is -0.834. The first-order chi connectivity index (χ1) is 8.94. The first-order valence-corrected chi connectivity index (χ1v) is 6.24. The second-order valence-electron chi connectivity index (χ2n) is 5.57. The molecular weight excluding hydrogens is 264 g/mol. The van der Waals surface area contributed by atoms with Crippen molar-refractivity contribution in [2.45, 2.75) is 59.6 Å². The molecule has 20 heavy (non-hydrogen) atoms. The minimum absolute atomic E-state index is 0.0968. The van der Waals surface area contributed by atoms with Crippen molar-refractivity contribution in [3.8, 4) is 0 Å². The van der Waals surface area contributed by atoms with Crippen LogP contribution in [0.3, 0.4) is 0 Å². The standard InChI is InChI=1S/C13H22N2O5/c1-8(9(2)15(18)19)14-11(10(3)16)7-12(17)20-13(4,5)6/h11,14H,7H2,1-6H3/b9-8-/t11-/m0/s1. The van der Waals surface area contributed by atoms with E-state index in [0.717, 1.165) is 0 Å². The molecule has 0 radical (unpaired) electrons. The van der Waals surface area contributed by atoms with Crippen LogP contribution in [0.25, 0.3) is 0 Å². The number of carbonyl (C=O) groups is 2. The summed E-state index contributed by atoms with van der Waals surface area (Å²) in [5.74, 6) is -0.817. The van der Waals surface area contributed by atoms with Crippen LogP contribution < -0.4 is 5.32 Å². The molecule has 0 bridgehead atoms. The Kier molecular flexibility index (Phi) is 6.35. The van der Waals surface area contributed by atoms with Gasteiger partial charge in [-0.15, -0.1) is 0 Å². The average molecular weight is 286 g/mol. The van der Waals surface area contributed by atoms with E-state index in [4.69, 9.17) is 4.74 Å². The van der Waals surface area contributed by atoms with Crippen LogP contribution in [0.15, 0.2) is 11.4 Å². The molecule has 0 aromatic rings. The van der Waals surface area contributed by atoms with Gasteiger partial charge in [-0.2, -0.15) is 0 Å². The first kappa shape index (κ1) is 18.1. The molecule has 1 atom stereocenters. The predicted molar refractivity (Wildman–Crippen MR) is 73.4 cm³/mol. The van der Waals surface area contributed by atoms with E-state index in [2.05, 4.69) is 5.32 Å². The van der Waals surface area contributed by atoms with E-state index in [9.17, 15) is 19.7 Å². The Labute approximate surface area is 118 Å². The van der Waals surface area contributed by atoms with Gasteiger partial charge >= 0.3 is 5.97 Å². The molecule has 0 aliphatic carbocycles. The minimum Gasteiger partial charge on any atom is -0.460 e. The Morgan fingerprint density at radius 1 is 1.25 bits per heavy atom. The van der Waals surface area contributed by atoms with Crippen molar-refractivity contribution in [1.29, 1.82) is 0 Å². The zero-order valence-electron chi connectivity index (χ0n) is 12.8. The van der Waals surface area contributed by atoms with Crippen molar-refractivity contribution < 1.29 is 19.2 Å². The lowest BCUT2D eigenvalue weighted by molar-refractivity contribution is -0.425. The molecule has 0 fully saturated rings. The van der Waals surface area contributed by atoms with Gasteiger partial charge in [-0.3, -0.25) is 19.7 Å². The van der Waals surface area contributed by atoms with Gasteiger partial charge in [0.2, 0.25) is 0 Å². The topological polar surface area (TPSA) is 98.5 Å². The zero-order valence-corrected chi connectivity index (χ0v) is 12.8. The summed E-state index contributed by atoms with van der Waals surface area (Å²) < 4.78 is 5.13. The predicted octanol–water partition coefficient (Wildman–Crippen LogP) is 1.79. The van der Waals surface area contributed by atoms with Crippen LogP contribution in [-0.4, -0.2) is 28.3 Å². The van der Waals surface area contributed by atoms with Crippen LogP contribution in [0, 0.1) is 10.1 Å². The maximum Gasteiger partial charge on any atom is 0.308 e. The number of carbonyl (C=O) groups excluding carboxylic acids is 2. The summed E-state index contributed by atoms with van der Waals surface area (Å²) in [6.07, 6.45) is -0.172. The minimum atomic E-state index is -0.834. The summed E-state index contributed by atoms with van der Waals surface area (Å²) in [6.45, 7) is 9.31. The SMILES string of the molecule is CC(=O)[C@H](CC(=O)OC(C)(C)C)N/C(C)=C(/C)[N+](=O)[O-]. The molecule has 0 aliphatic rings. The Balaban J connectivity index is 4.85. The number of ether oxygens (including phenoxy) is 1. The summed E-state index contributed by atoms with van der Waals surface area (Å²) in [4.78, 5) is 33.3. The number of nitrogens with zero attached hydrogens (tertiary/aromatic N) is 1. The molecule has 0 aromatic carbocycles. The third-order valence-corrected chi connectivity index (χ3v) is 2.49. The molecule has 114 valence electrons. The molecule has 0 unspecified atom stereocenters. The highest BCUT2D eigenvalue weighted by Crippen LogP contribution is 2.11. The Morgan fingerprint density at radius 3 is 2.10 bits per heavy atom. The van der Waals surface area contributed by atoms with E-state index in [1.165, 1.54) is 20.8 Å². The number of nitrogens with one attached hydrogen (secondary N) is 1. The molecule has 0 heterocycles. The molecule has 0 rings (SSSR count). The number of ketones is 1. The van der Waals surface area contributed by atoms with Gasteiger partial charge < -0.3 is 10.1 Å². The second-order valence-corrected chi connectivity index (χ2v) is 5.57. The Morgan fingerprint density at radius 2 is 1.75 bits per heavy atom. The monoisotopic (exact) mass is 286 g/mol. The molecule has 0 aliphatic heterocycles. The molecular formula is C13H22N2O5. The third kappa shape index (κ3) is 6.86. The second kappa shape index (κ2) is 7.02. The zero-order chi connectivity index (χ0) is 16.1. The fourth-order valence-corrected chi connectivity index (χ4v) is 1.35. The molecule has 0 spiro atoms. The molecule has 7 heteroatoms. The maximum absolute atomic E-state index is 11.7. The fourth-order valence-electron chi connectivity index (χ4n) is 1.35. The number of hydrogen-bond donors (Lipinski definition) is 1.